The summed E-state index contributed by atoms with van der Waals surface area (Å²) in [6.07, 6.45) is 6.31. The number of halogens is 2. The second-order valence-electron chi connectivity index (χ2n) is 7.96. The van der Waals surface area contributed by atoms with Crippen LogP contribution < -0.4 is 0 Å². The summed E-state index contributed by atoms with van der Waals surface area (Å²) in [7, 11) is 0. The fourth-order valence-electron chi connectivity index (χ4n) is 4.39. The molecule has 2 aliphatic rings. The predicted molar refractivity (Wildman–Crippen MR) is 100 cm³/mol. The number of piperidine rings is 1. The van der Waals surface area contributed by atoms with Gasteiger partial charge in [0.15, 0.2) is 11.6 Å². The average molecular weight is 386 g/mol. The summed E-state index contributed by atoms with van der Waals surface area (Å²) in [5, 5.41) is 0. The summed E-state index contributed by atoms with van der Waals surface area (Å²) >= 11 is 0. The number of rotatable bonds is 4. The van der Waals surface area contributed by atoms with Crippen LogP contribution in [0.5, 0.6) is 0 Å². The molecule has 2 aliphatic heterocycles. The molecule has 2 fully saturated rings. The third-order valence-electron chi connectivity index (χ3n) is 5.86. The number of carbonyl (C=O) groups is 1. The number of carbonyl (C=O) groups excluding carboxylic acids is 1. The molecule has 2 saturated heterocycles. The number of nitrogens with zero attached hydrogens (tertiary/aromatic N) is 4. The molecule has 1 amide bonds. The second kappa shape index (κ2) is 7.54. The zero-order chi connectivity index (χ0) is 19.7. The SMILES string of the molecule is Cc1ncc(CN2CCC3(CCCN(Cc4ccc(F)c(F)c4)C3=O)C2)cn1. The molecule has 0 aliphatic carbocycles. The van der Waals surface area contributed by atoms with E-state index in [2.05, 4.69) is 14.9 Å². The number of aromatic nitrogens is 2. The van der Waals surface area contributed by atoms with Crippen molar-refractivity contribution in [1.29, 1.82) is 0 Å². The van der Waals surface area contributed by atoms with E-state index in [9.17, 15) is 13.6 Å². The van der Waals surface area contributed by atoms with E-state index >= 15 is 0 Å². The summed E-state index contributed by atoms with van der Waals surface area (Å²) in [6, 6.07) is 3.85. The van der Waals surface area contributed by atoms with Gasteiger partial charge in [0.1, 0.15) is 5.82 Å². The van der Waals surface area contributed by atoms with Gasteiger partial charge in [0, 0.05) is 44.1 Å². The highest BCUT2D eigenvalue weighted by molar-refractivity contribution is 5.84. The van der Waals surface area contributed by atoms with Crippen molar-refractivity contribution < 1.29 is 13.6 Å². The largest absolute Gasteiger partial charge is 0.338 e. The molecule has 28 heavy (non-hydrogen) atoms. The molecule has 1 spiro atoms. The Morgan fingerprint density at radius 2 is 1.82 bits per heavy atom. The van der Waals surface area contributed by atoms with E-state index in [1.54, 1.807) is 11.0 Å². The minimum atomic E-state index is -0.871. The van der Waals surface area contributed by atoms with Crippen LogP contribution in [0, 0.1) is 24.0 Å². The molecule has 2 aromatic rings. The molecular weight excluding hydrogens is 362 g/mol. The quantitative estimate of drug-likeness (QED) is 0.810. The van der Waals surface area contributed by atoms with Gasteiger partial charge in [-0.25, -0.2) is 18.7 Å². The van der Waals surface area contributed by atoms with Gasteiger partial charge in [0.2, 0.25) is 5.91 Å². The Hall–Kier alpha value is -2.41. The van der Waals surface area contributed by atoms with Crippen molar-refractivity contribution in [3.05, 3.63) is 59.2 Å². The summed E-state index contributed by atoms with van der Waals surface area (Å²) in [6.45, 7) is 5.15. The maximum absolute atomic E-state index is 13.5. The molecule has 0 N–H and O–H groups in total. The molecule has 0 bridgehead atoms. The molecule has 1 aromatic carbocycles. The van der Waals surface area contributed by atoms with Gasteiger partial charge in [0.05, 0.1) is 5.41 Å². The lowest BCUT2D eigenvalue weighted by molar-refractivity contribution is -0.146. The predicted octanol–water partition coefficient (Wildman–Crippen LogP) is 3.08. The molecular formula is C21H24F2N4O. The minimum absolute atomic E-state index is 0.131. The number of likely N-dealkylation sites (tertiary alicyclic amines) is 2. The van der Waals surface area contributed by atoms with Crippen LogP contribution in [0.2, 0.25) is 0 Å². The summed E-state index contributed by atoms with van der Waals surface area (Å²) in [5.74, 6) is -0.858. The van der Waals surface area contributed by atoms with Crippen LogP contribution in [-0.2, 0) is 17.9 Å². The Balaban J connectivity index is 1.43. The van der Waals surface area contributed by atoms with E-state index in [1.165, 1.54) is 6.07 Å². The van der Waals surface area contributed by atoms with Crippen LogP contribution in [0.4, 0.5) is 8.78 Å². The lowest BCUT2D eigenvalue weighted by atomic mass is 9.78. The van der Waals surface area contributed by atoms with E-state index in [4.69, 9.17) is 0 Å². The monoisotopic (exact) mass is 386 g/mol. The lowest BCUT2D eigenvalue weighted by Crippen LogP contribution is -2.49. The van der Waals surface area contributed by atoms with Gasteiger partial charge in [0.25, 0.3) is 0 Å². The van der Waals surface area contributed by atoms with E-state index in [0.717, 1.165) is 49.8 Å². The Kier molecular flexibility index (Phi) is 5.10. The van der Waals surface area contributed by atoms with Gasteiger partial charge in [-0.1, -0.05) is 6.07 Å². The summed E-state index contributed by atoms with van der Waals surface area (Å²) < 4.78 is 26.7. The van der Waals surface area contributed by atoms with Crippen molar-refractivity contribution in [2.45, 2.75) is 39.3 Å². The highest BCUT2D eigenvalue weighted by Gasteiger charge is 2.48. The summed E-state index contributed by atoms with van der Waals surface area (Å²) in [4.78, 5) is 25.8. The second-order valence-corrected chi connectivity index (χ2v) is 7.96. The molecule has 5 nitrogen and oxygen atoms in total. The van der Waals surface area contributed by atoms with Crippen LogP contribution in [-0.4, -0.2) is 45.3 Å². The summed E-state index contributed by atoms with van der Waals surface area (Å²) in [5.41, 5.74) is 1.29. The standard InChI is InChI=1S/C21H24F2N4O/c1-15-24-10-17(11-25-15)12-26-8-6-21(14-26)5-2-7-27(20(21)28)13-16-3-4-18(22)19(23)9-16/h3-4,9-11H,2,5-8,12-14H2,1H3. The molecule has 0 saturated carbocycles. The average Bonchev–Trinajstić information content (AvgIpc) is 3.08. The molecule has 7 heteroatoms. The van der Waals surface area contributed by atoms with Crippen LogP contribution in [0.3, 0.4) is 0 Å². The number of hydrogen-bond donors (Lipinski definition) is 0. The molecule has 148 valence electrons. The molecule has 3 heterocycles. The fraction of sp³-hybridized carbons (Fsp3) is 0.476. The zero-order valence-electron chi connectivity index (χ0n) is 16.0. The smallest absolute Gasteiger partial charge is 0.230 e. The van der Waals surface area contributed by atoms with Gasteiger partial charge in [-0.2, -0.15) is 0 Å². The Morgan fingerprint density at radius 3 is 2.57 bits per heavy atom. The van der Waals surface area contributed by atoms with Crippen molar-refractivity contribution in [2.24, 2.45) is 5.41 Å². The topological polar surface area (TPSA) is 49.3 Å². The van der Waals surface area contributed by atoms with Gasteiger partial charge in [-0.15, -0.1) is 0 Å². The first-order valence-electron chi connectivity index (χ1n) is 9.68. The van der Waals surface area contributed by atoms with Crippen molar-refractivity contribution in [2.75, 3.05) is 19.6 Å². The van der Waals surface area contributed by atoms with Crippen molar-refractivity contribution in [3.63, 3.8) is 0 Å². The molecule has 1 aromatic heterocycles. The van der Waals surface area contributed by atoms with Crippen molar-refractivity contribution >= 4 is 5.91 Å². The normalized spacial score (nSPS) is 23.0. The Bertz CT molecular complexity index is 873. The van der Waals surface area contributed by atoms with E-state index in [-0.39, 0.29) is 11.3 Å². The van der Waals surface area contributed by atoms with Gasteiger partial charge in [-0.05, 0) is 50.4 Å². The van der Waals surface area contributed by atoms with Crippen molar-refractivity contribution in [1.82, 2.24) is 19.8 Å². The van der Waals surface area contributed by atoms with Gasteiger partial charge in [-0.3, -0.25) is 9.69 Å². The van der Waals surface area contributed by atoms with Crippen LogP contribution in [0.15, 0.2) is 30.6 Å². The van der Waals surface area contributed by atoms with Crippen LogP contribution in [0.25, 0.3) is 0 Å². The molecule has 1 unspecified atom stereocenters. The van der Waals surface area contributed by atoms with Crippen molar-refractivity contribution in [3.8, 4) is 0 Å². The molecule has 4 rings (SSSR count). The fourth-order valence-corrected chi connectivity index (χ4v) is 4.39. The zero-order valence-corrected chi connectivity index (χ0v) is 16.0. The maximum atomic E-state index is 13.5. The molecule has 0 radical (unpaired) electrons. The number of amides is 1. The van der Waals surface area contributed by atoms with Gasteiger partial charge >= 0.3 is 0 Å². The first-order chi connectivity index (χ1) is 13.4. The number of aryl methyl sites for hydroxylation is 1. The third kappa shape index (κ3) is 3.76. The van der Waals surface area contributed by atoms with E-state index in [0.29, 0.717) is 25.2 Å². The van der Waals surface area contributed by atoms with Crippen LogP contribution in [0.1, 0.15) is 36.2 Å². The first kappa shape index (κ1) is 18.9. The number of benzene rings is 1. The minimum Gasteiger partial charge on any atom is -0.338 e. The highest BCUT2D eigenvalue weighted by Crippen LogP contribution is 2.40. The van der Waals surface area contributed by atoms with Crippen LogP contribution >= 0.6 is 0 Å². The van der Waals surface area contributed by atoms with E-state index < -0.39 is 11.6 Å². The Labute approximate surface area is 163 Å². The van der Waals surface area contributed by atoms with E-state index in [1.807, 2.05) is 19.3 Å². The lowest BCUT2D eigenvalue weighted by Gasteiger charge is -2.39. The number of hydrogen-bond acceptors (Lipinski definition) is 4. The third-order valence-corrected chi connectivity index (χ3v) is 5.86. The van der Waals surface area contributed by atoms with Gasteiger partial charge < -0.3 is 4.90 Å². The highest BCUT2D eigenvalue weighted by atomic mass is 19.2. The molecule has 1 atom stereocenters. The maximum Gasteiger partial charge on any atom is 0.230 e. The Morgan fingerprint density at radius 1 is 1.04 bits per heavy atom. The first-order valence-corrected chi connectivity index (χ1v) is 9.68.